The van der Waals surface area contributed by atoms with Gasteiger partial charge in [0.15, 0.2) is 29.7 Å². The Morgan fingerprint density at radius 2 is 2.00 bits per heavy atom. The molecule has 6 N–H and O–H groups in total. The van der Waals surface area contributed by atoms with Crippen LogP contribution in [0.5, 0.6) is 11.5 Å². The third kappa shape index (κ3) is 4.84. The van der Waals surface area contributed by atoms with Crippen molar-refractivity contribution >= 4 is 13.3 Å². The number of halogens is 1. The van der Waals surface area contributed by atoms with Crippen LogP contribution in [-0.2, 0) is 18.8 Å². The summed E-state index contributed by atoms with van der Waals surface area (Å²) in [4.78, 5) is 13.4. The second-order valence-corrected chi connectivity index (χ2v) is 12.1. The van der Waals surface area contributed by atoms with Crippen molar-refractivity contribution in [3.05, 3.63) is 36.5 Å². The summed E-state index contributed by atoms with van der Waals surface area (Å²) in [6, 6.07) is 6.20. The molecule has 3 aliphatic rings. The first-order valence-electron chi connectivity index (χ1n) is 11.4. The minimum Gasteiger partial charge on any atom is -0.487 e. The molecule has 2 saturated heterocycles. The van der Waals surface area contributed by atoms with Gasteiger partial charge in [-0.2, -0.15) is 0 Å². The third-order valence-electron chi connectivity index (χ3n) is 6.18. The predicted octanol–water partition coefficient (Wildman–Crippen LogP) is 0.170. The number of benzene rings is 1. The number of carbonyl (C=O) groups excluding carboxylic acids is 1. The van der Waals surface area contributed by atoms with Gasteiger partial charge in [-0.1, -0.05) is 12.1 Å². The quantitative estimate of drug-likeness (QED) is 0.228. The van der Waals surface area contributed by atoms with E-state index in [0.717, 1.165) is 11.8 Å². The molecule has 8 atom stereocenters. The SMILES string of the molecule is CC(C)OC(=O)[C@]1(N)CP1(=O)Oc1ccccc1OC[C@H]1O[C@@H](N2C=C[C@@H](O)N[C@H]2O)[C@](C)(F)[C@@H]1O. The van der Waals surface area contributed by atoms with E-state index in [2.05, 4.69) is 5.32 Å². The van der Waals surface area contributed by atoms with Crippen molar-refractivity contribution in [2.75, 3.05) is 12.8 Å². The van der Waals surface area contributed by atoms with Crippen LogP contribution in [0.25, 0.3) is 0 Å². The minimum absolute atomic E-state index is 0.0464. The number of nitrogens with zero attached hydrogens (tertiary/aromatic N) is 1. The molecule has 0 radical (unpaired) electrons. The summed E-state index contributed by atoms with van der Waals surface area (Å²) in [6.45, 7) is 4.09. The van der Waals surface area contributed by atoms with Gasteiger partial charge < -0.3 is 44.7 Å². The number of esters is 1. The Bertz CT molecular complexity index is 1070. The first kappa shape index (κ1) is 26.8. The van der Waals surface area contributed by atoms with Gasteiger partial charge in [0.05, 0.1) is 12.3 Å². The Balaban J connectivity index is 1.44. The molecule has 3 heterocycles. The van der Waals surface area contributed by atoms with Gasteiger partial charge in [0.1, 0.15) is 25.0 Å². The Morgan fingerprint density at radius 1 is 1.33 bits per heavy atom. The highest BCUT2D eigenvalue weighted by Gasteiger charge is 2.73. The van der Waals surface area contributed by atoms with Crippen LogP contribution in [0.4, 0.5) is 4.39 Å². The maximum Gasteiger partial charge on any atom is 0.338 e. The van der Waals surface area contributed by atoms with Gasteiger partial charge in [-0.05, 0) is 39.0 Å². The van der Waals surface area contributed by atoms with E-state index < -0.39 is 61.4 Å². The topological polar surface area (TPSA) is 173 Å². The predicted molar refractivity (Wildman–Crippen MR) is 123 cm³/mol. The largest absolute Gasteiger partial charge is 0.487 e. The molecule has 3 aliphatic heterocycles. The number of aliphatic hydroxyl groups excluding tert-OH is 3. The Morgan fingerprint density at radius 3 is 2.64 bits per heavy atom. The Kier molecular flexibility index (Phi) is 7.12. The highest BCUT2D eigenvalue weighted by Crippen LogP contribution is 2.73. The van der Waals surface area contributed by atoms with E-state index in [-0.39, 0.29) is 24.3 Å². The molecule has 0 amide bonds. The van der Waals surface area contributed by atoms with Gasteiger partial charge in [0.25, 0.3) is 7.37 Å². The summed E-state index contributed by atoms with van der Waals surface area (Å²) in [5.41, 5.74) is 3.68. The fraction of sp³-hybridized carbons (Fsp3) is 0.591. The average Bonchev–Trinajstić information content (AvgIpc) is 3.27. The fourth-order valence-electron chi connectivity index (χ4n) is 4.03. The lowest BCUT2D eigenvalue weighted by atomic mass is 9.98. The zero-order valence-electron chi connectivity index (χ0n) is 20.0. The van der Waals surface area contributed by atoms with E-state index in [9.17, 15) is 24.7 Å². The molecular weight excluding hydrogens is 500 g/mol. The van der Waals surface area contributed by atoms with Crippen molar-refractivity contribution in [3.63, 3.8) is 0 Å². The van der Waals surface area contributed by atoms with Gasteiger partial charge in [-0.25, -0.2) is 14.5 Å². The molecule has 0 spiro atoms. The van der Waals surface area contributed by atoms with Crippen molar-refractivity contribution < 1.29 is 47.8 Å². The molecule has 1 unspecified atom stereocenters. The smallest absolute Gasteiger partial charge is 0.338 e. The molecule has 200 valence electrons. The van der Waals surface area contributed by atoms with Crippen molar-refractivity contribution in [3.8, 4) is 11.5 Å². The van der Waals surface area contributed by atoms with Crippen molar-refractivity contribution in [2.45, 2.75) is 68.8 Å². The molecule has 2 fully saturated rings. The number of rotatable bonds is 8. The summed E-state index contributed by atoms with van der Waals surface area (Å²) in [7, 11) is -3.61. The summed E-state index contributed by atoms with van der Waals surface area (Å²) >= 11 is 0. The molecule has 12 nitrogen and oxygen atoms in total. The maximum atomic E-state index is 15.4. The molecule has 1 aromatic rings. The summed E-state index contributed by atoms with van der Waals surface area (Å²) in [5.74, 6) is -0.655. The number of ether oxygens (including phenoxy) is 3. The molecule has 0 bridgehead atoms. The Hall–Kier alpha value is -2.25. The van der Waals surface area contributed by atoms with Gasteiger partial charge in [-0.15, -0.1) is 0 Å². The third-order valence-corrected chi connectivity index (χ3v) is 8.76. The van der Waals surface area contributed by atoms with Gasteiger partial charge in [0, 0.05) is 6.20 Å². The number of hydrogen-bond donors (Lipinski definition) is 5. The average molecular weight is 531 g/mol. The van der Waals surface area contributed by atoms with Crippen LogP contribution >= 0.6 is 7.37 Å². The van der Waals surface area contributed by atoms with Crippen LogP contribution in [0.15, 0.2) is 36.5 Å². The number of aliphatic hydroxyl groups is 3. The van der Waals surface area contributed by atoms with Crippen LogP contribution in [0.3, 0.4) is 0 Å². The van der Waals surface area contributed by atoms with Crippen LogP contribution < -0.4 is 20.3 Å². The molecule has 4 rings (SSSR count). The van der Waals surface area contributed by atoms with E-state index in [1.807, 2.05) is 0 Å². The molecule has 1 aromatic carbocycles. The van der Waals surface area contributed by atoms with Gasteiger partial charge in [-0.3, -0.25) is 4.57 Å². The molecule has 0 aliphatic carbocycles. The van der Waals surface area contributed by atoms with E-state index in [1.165, 1.54) is 24.4 Å². The second kappa shape index (κ2) is 9.56. The second-order valence-electron chi connectivity index (χ2n) is 9.46. The molecule has 14 heteroatoms. The standard InChI is InChI=1S/C22H31FN3O9P/c1-12(2)33-19(29)22(24)11-36(22,31)35-14-7-5-4-6-13(14)32-10-15-17(28)21(3,23)18(34-15)26-9-8-16(27)25-20(26)30/h4-9,12,15-18,20,25,27-28,30H,10-11,24H2,1-3H3/t15-,16-,17-,18-,20-,21-,22+,36?/m1/s1. The first-order valence-corrected chi connectivity index (χ1v) is 13.2. The highest BCUT2D eigenvalue weighted by atomic mass is 31.2. The van der Waals surface area contributed by atoms with Crippen molar-refractivity contribution in [2.24, 2.45) is 5.73 Å². The minimum atomic E-state index is -3.61. The van der Waals surface area contributed by atoms with Gasteiger partial charge in [0.2, 0.25) is 5.28 Å². The molecular formula is C22H31FN3O9P. The van der Waals surface area contributed by atoms with E-state index in [1.54, 1.807) is 26.0 Å². The number of nitrogens with two attached hydrogens (primary N) is 1. The normalized spacial score (nSPS) is 39.8. The lowest BCUT2D eigenvalue weighted by molar-refractivity contribution is -0.160. The van der Waals surface area contributed by atoms with Crippen molar-refractivity contribution in [1.29, 1.82) is 0 Å². The van der Waals surface area contributed by atoms with Crippen LogP contribution in [0, 0.1) is 0 Å². The first-order chi connectivity index (χ1) is 16.8. The lowest BCUT2D eigenvalue weighted by Crippen LogP contribution is -2.58. The molecule has 0 saturated carbocycles. The lowest BCUT2D eigenvalue weighted by Gasteiger charge is -2.39. The summed E-state index contributed by atoms with van der Waals surface area (Å²) in [6.07, 6.45) is -4.85. The molecule has 36 heavy (non-hydrogen) atoms. The van der Waals surface area contributed by atoms with E-state index >= 15 is 4.39 Å². The zero-order valence-corrected chi connectivity index (χ0v) is 20.9. The summed E-state index contributed by atoms with van der Waals surface area (Å²) < 4.78 is 50.7. The fourth-order valence-corrected chi connectivity index (χ4v) is 6.10. The number of hydrogen-bond acceptors (Lipinski definition) is 12. The van der Waals surface area contributed by atoms with E-state index in [4.69, 9.17) is 24.5 Å². The summed E-state index contributed by atoms with van der Waals surface area (Å²) in [5, 5.41) is 30.9. The zero-order chi connectivity index (χ0) is 26.5. The highest BCUT2D eigenvalue weighted by molar-refractivity contribution is 7.70. The number of alkyl halides is 1. The maximum absolute atomic E-state index is 15.4. The number of nitrogens with one attached hydrogen (secondary N) is 1. The Labute approximate surface area is 207 Å². The monoisotopic (exact) mass is 531 g/mol. The van der Waals surface area contributed by atoms with Crippen molar-refractivity contribution in [1.82, 2.24) is 10.2 Å². The van der Waals surface area contributed by atoms with Gasteiger partial charge >= 0.3 is 5.97 Å². The van der Waals surface area contributed by atoms with Crippen LogP contribution in [0.2, 0.25) is 0 Å². The van der Waals surface area contributed by atoms with Crippen LogP contribution in [-0.4, -0.2) is 87.0 Å². The number of para-hydroxylation sites is 2. The number of carbonyl (C=O) groups is 1. The van der Waals surface area contributed by atoms with Crippen LogP contribution in [0.1, 0.15) is 20.8 Å². The van der Waals surface area contributed by atoms with E-state index in [0.29, 0.717) is 0 Å². The molecule has 0 aromatic heterocycles.